The molecule has 1 atom stereocenters. The summed E-state index contributed by atoms with van der Waals surface area (Å²) in [5.74, 6) is 1.14. The summed E-state index contributed by atoms with van der Waals surface area (Å²) in [6.45, 7) is 0.846. The minimum absolute atomic E-state index is 0.133. The van der Waals surface area contributed by atoms with Crippen LogP contribution < -0.4 is 0 Å². The maximum absolute atomic E-state index is 12.4. The predicted octanol–water partition coefficient (Wildman–Crippen LogP) is 3.58. The van der Waals surface area contributed by atoms with Gasteiger partial charge in [-0.15, -0.1) is 0 Å². The second-order valence-corrected chi connectivity index (χ2v) is 5.25. The minimum Gasteiger partial charge on any atom is -0.467 e. The highest BCUT2D eigenvalue weighted by atomic mass is 16.3. The zero-order valence-corrected chi connectivity index (χ0v) is 11.5. The Bertz CT molecular complexity index is 548. The first-order chi connectivity index (χ1) is 9.84. The minimum atomic E-state index is 0.133. The fourth-order valence-corrected chi connectivity index (χ4v) is 2.88. The summed E-state index contributed by atoms with van der Waals surface area (Å²) in [4.78, 5) is 14.4. The van der Waals surface area contributed by atoms with E-state index in [9.17, 15) is 4.79 Å². The molecule has 0 radical (unpaired) electrons. The second-order valence-electron chi connectivity index (χ2n) is 5.25. The third-order valence-electron chi connectivity index (χ3n) is 3.92. The normalized spacial score (nSPS) is 18.4. The predicted molar refractivity (Wildman–Crippen MR) is 77.2 cm³/mol. The number of hydrogen-bond donors (Lipinski definition) is 0. The number of carbonyl (C=O) groups is 1. The Kier molecular flexibility index (Phi) is 3.86. The zero-order chi connectivity index (χ0) is 13.8. The van der Waals surface area contributed by atoms with E-state index in [-0.39, 0.29) is 11.9 Å². The third-order valence-corrected chi connectivity index (χ3v) is 3.92. The summed E-state index contributed by atoms with van der Waals surface area (Å²) in [5, 5.41) is 0. The molecule has 0 N–H and O–H groups in total. The number of benzene rings is 1. The lowest BCUT2D eigenvalue weighted by molar-refractivity contribution is -0.132. The van der Waals surface area contributed by atoms with Crippen molar-refractivity contribution in [1.29, 1.82) is 0 Å². The number of aryl methyl sites for hydroxylation is 1. The number of rotatable bonds is 4. The van der Waals surface area contributed by atoms with Crippen LogP contribution in [0, 0.1) is 0 Å². The van der Waals surface area contributed by atoms with Gasteiger partial charge in [0, 0.05) is 13.0 Å². The average molecular weight is 269 g/mol. The van der Waals surface area contributed by atoms with Crippen molar-refractivity contribution in [2.24, 2.45) is 0 Å². The molecule has 1 aromatic heterocycles. The van der Waals surface area contributed by atoms with Gasteiger partial charge < -0.3 is 9.32 Å². The van der Waals surface area contributed by atoms with Gasteiger partial charge in [0.05, 0.1) is 12.3 Å². The van der Waals surface area contributed by atoms with Crippen molar-refractivity contribution < 1.29 is 9.21 Å². The van der Waals surface area contributed by atoms with E-state index in [0.29, 0.717) is 6.42 Å². The summed E-state index contributed by atoms with van der Waals surface area (Å²) in [7, 11) is 0. The van der Waals surface area contributed by atoms with E-state index < -0.39 is 0 Å². The molecule has 3 rings (SSSR count). The lowest BCUT2D eigenvalue weighted by atomic mass is 10.1. The van der Waals surface area contributed by atoms with E-state index in [4.69, 9.17) is 4.42 Å². The number of amides is 1. The first-order valence-electron chi connectivity index (χ1n) is 7.21. The molecule has 2 heterocycles. The molecule has 0 spiro atoms. The van der Waals surface area contributed by atoms with Crippen LogP contribution in [0.1, 0.15) is 36.6 Å². The summed E-state index contributed by atoms with van der Waals surface area (Å²) >= 11 is 0. The molecule has 0 aliphatic carbocycles. The molecule has 1 fully saturated rings. The number of furan rings is 1. The van der Waals surface area contributed by atoms with Gasteiger partial charge in [0.1, 0.15) is 5.76 Å². The Labute approximate surface area is 119 Å². The van der Waals surface area contributed by atoms with Crippen molar-refractivity contribution >= 4 is 5.91 Å². The van der Waals surface area contributed by atoms with E-state index in [1.807, 2.05) is 35.2 Å². The molecular formula is C17H19NO2. The van der Waals surface area contributed by atoms with Crippen molar-refractivity contribution in [2.75, 3.05) is 6.54 Å². The second kappa shape index (κ2) is 5.95. The van der Waals surface area contributed by atoms with Crippen molar-refractivity contribution in [3.63, 3.8) is 0 Å². The Balaban J connectivity index is 1.62. The first kappa shape index (κ1) is 13.0. The van der Waals surface area contributed by atoms with Gasteiger partial charge in [-0.3, -0.25) is 4.79 Å². The van der Waals surface area contributed by atoms with E-state index in [0.717, 1.165) is 31.6 Å². The van der Waals surface area contributed by atoms with Crippen LogP contribution in [0.4, 0.5) is 0 Å². The molecule has 0 saturated carbocycles. The summed E-state index contributed by atoms with van der Waals surface area (Å²) in [6, 6.07) is 14.2. The molecule has 0 bridgehead atoms. The number of hydrogen-bond acceptors (Lipinski definition) is 2. The van der Waals surface area contributed by atoms with Gasteiger partial charge in [-0.2, -0.15) is 0 Å². The highest BCUT2D eigenvalue weighted by Gasteiger charge is 2.31. The van der Waals surface area contributed by atoms with Crippen molar-refractivity contribution in [3.8, 4) is 0 Å². The standard InChI is InChI=1S/C17H19NO2/c19-17(11-10-14-6-2-1-3-7-14)18-12-4-8-15(18)16-9-5-13-20-16/h1-3,5-7,9,13,15H,4,8,10-12H2. The molecule has 1 amide bonds. The van der Waals surface area contributed by atoms with Gasteiger partial charge in [0.2, 0.25) is 5.91 Å². The Morgan fingerprint density at radius 3 is 2.80 bits per heavy atom. The van der Waals surface area contributed by atoms with Crippen LogP contribution in [0.25, 0.3) is 0 Å². The lowest BCUT2D eigenvalue weighted by Crippen LogP contribution is -2.30. The largest absolute Gasteiger partial charge is 0.467 e. The number of carbonyl (C=O) groups excluding carboxylic acids is 1. The maximum Gasteiger partial charge on any atom is 0.223 e. The maximum atomic E-state index is 12.4. The van der Waals surface area contributed by atoms with Gasteiger partial charge in [-0.25, -0.2) is 0 Å². The van der Waals surface area contributed by atoms with Crippen LogP contribution in [0.2, 0.25) is 0 Å². The van der Waals surface area contributed by atoms with Crippen LogP contribution in [-0.2, 0) is 11.2 Å². The fraction of sp³-hybridized carbons (Fsp3) is 0.353. The van der Waals surface area contributed by atoms with Crippen molar-refractivity contribution in [3.05, 3.63) is 60.1 Å². The zero-order valence-electron chi connectivity index (χ0n) is 11.5. The van der Waals surface area contributed by atoms with Crippen LogP contribution in [0.5, 0.6) is 0 Å². The molecular weight excluding hydrogens is 250 g/mol. The molecule has 1 aromatic carbocycles. The highest BCUT2D eigenvalue weighted by Crippen LogP contribution is 2.32. The topological polar surface area (TPSA) is 33.5 Å². The van der Waals surface area contributed by atoms with Crippen LogP contribution >= 0.6 is 0 Å². The van der Waals surface area contributed by atoms with E-state index >= 15 is 0 Å². The van der Waals surface area contributed by atoms with Gasteiger partial charge in [0.15, 0.2) is 0 Å². The summed E-state index contributed by atoms with van der Waals surface area (Å²) < 4.78 is 5.47. The van der Waals surface area contributed by atoms with Crippen LogP contribution in [0.3, 0.4) is 0 Å². The highest BCUT2D eigenvalue weighted by molar-refractivity contribution is 5.77. The Hall–Kier alpha value is -2.03. The van der Waals surface area contributed by atoms with Gasteiger partial charge in [-0.05, 0) is 37.0 Å². The molecule has 1 unspecified atom stereocenters. The monoisotopic (exact) mass is 269 g/mol. The van der Waals surface area contributed by atoms with E-state index in [2.05, 4.69) is 12.1 Å². The van der Waals surface area contributed by atoms with Crippen molar-refractivity contribution in [1.82, 2.24) is 4.90 Å². The molecule has 1 saturated heterocycles. The first-order valence-corrected chi connectivity index (χ1v) is 7.21. The van der Waals surface area contributed by atoms with Crippen molar-refractivity contribution in [2.45, 2.75) is 31.7 Å². The molecule has 20 heavy (non-hydrogen) atoms. The Morgan fingerprint density at radius 2 is 2.05 bits per heavy atom. The molecule has 3 heteroatoms. The van der Waals surface area contributed by atoms with Gasteiger partial charge in [0.25, 0.3) is 0 Å². The summed E-state index contributed by atoms with van der Waals surface area (Å²) in [5.41, 5.74) is 1.22. The fourth-order valence-electron chi connectivity index (χ4n) is 2.88. The van der Waals surface area contributed by atoms with E-state index in [1.54, 1.807) is 6.26 Å². The van der Waals surface area contributed by atoms with E-state index in [1.165, 1.54) is 5.56 Å². The van der Waals surface area contributed by atoms with Gasteiger partial charge >= 0.3 is 0 Å². The number of likely N-dealkylation sites (tertiary alicyclic amines) is 1. The Morgan fingerprint density at radius 1 is 1.20 bits per heavy atom. The molecule has 104 valence electrons. The molecule has 1 aliphatic rings. The SMILES string of the molecule is O=C(CCc1ccccc1)N1CCCC1c1ccco1. The van der Waals surface area contributed by atoms with Gasteiger partial charge in [-0.1, -0.05) is 30.3 Å². The molecule has 3 nitrogen and oxygen atoms in total. The molecule has 1 aliphatic heterocycles. The number of nitrogens with zero attached hydrogens (tertiary/aromatic N) is 1. The third kappa shape index (κ3) is 2.77. The average Bonchev–Trinajstić information content (AvgIpc) is 3.15. The molecule has 2 aromatic rings. The smallest absolute Gasteiger partial charge is 0.223 e. The van der Waals surface area contributed by atoms with Crippen LogP contribution in [0.15, 0.2) is 53.1 Å². The quantitative estimate of drug-likeness (QED) is 0.850. The lowest BCUT2D eigenvalue weighted by Gasteiger charge is -2.23. The van der Waals surface area contributed by atoms with Crippen LogP contribution in [-0.4, -0.2) is 17.4 Å². The summed E-state index contributed by atoms with van der Waals surface area (Å²) in [6.07, 6.45) is 5.12.